The van der Waals surface area contributed by atoms with Crippen LogP contribution in [0.1, 0.15) is 28.8 Å². The lowest BCUT2D eigenvalue weighted by atomic mass is 10.1. The summed E-state index contributed by atoms with van der Waals surface area (Å²) in [5.74, 6) is -0.305. The van der Waals surface area contributed by atoms with Crippen LogP contribution in [0.2, 0.25) is 0 Å². The van der Waals surface area contributed by atoms with Crippen LogP contribution in [-0.4, -0.2) is 29.5 Å². The van der Waals surface area contributed by atoms with Crippen LogP contribution in [0.25, 0.3) is 0 Å². The molecule has 1 aliphatic rings. The highest BCUT2D eigenvalue weighted by Crippen LogP contribution is 2.16. The molecule has 1 atom stereocenters. The molecule has 2 amide bonds. The number of benzene rings is 1. The van der Waals surface area contributed by atoms with E-state index in [1.165, 1.54) is 6.20 Å². The second-order valence-electron chi connectivity index (χ2n) is 5.62. The first-order valence-electron chi connectivity index (χ1n) is 7.92. The predicted octanol–water partition coefficient (Wildman–Crippen LogP) is 2.13. The van der Waals surface area contributed by atoms with Gasteiger partial charge in [0.2, 0.25) is 0 Å². The highest BCUT2D eigenvalue weighted by atomic mass is 16.5. The normalized spacial score (nSPS) is 16.6. The van der Waals surface area contributed by atoms with Crippen LogP contribution >= 0.6 is 0 Å². The molecule has 1 aromatic heterocycles. The van der Waals surface area contributed by atoms with Gasteiger partial charge in [0, 0.05) is 31.2 Å². The van der Waals surface area contributed by atoms with Crippen molar-refractivity contribution in [2.24, 2.45) is 0 Å². The molecule has 0 spiro atoms. The van der Waals surface area contributed by atoms with E-state index in [1.807, 2.05) is 24.3 Å². The lowest BCUT2D eigenvalue weighted by Gasteiger charge is -2.11. The van der Waals surface area contributed by atoms with Crippen molar-refractivity contribution in [1.82, 2.24) is 10.3 Å². The van der Waals surface area contributed by atoms with Gasteiger partial charge in [-0.2, -0.15) is 0 Å². The van der Waals surface area contributed by atoms with Gasteiger partial charge in [0.25, 0.3) is 11.8 Å². The van der Waals surface area contributed by atoms with E-state index in [0.717, 1.165) is 18.4 Å². The minimum atomic E-state index is -0.362. The van der Waals surface area contributed by atoms with Crippen molar-refractivity contribution in [3.8, 4) is 0 Å². The Morgan fingerprint density at radius 3 is 2.92 bits per heavy atom. The van der Waals surface area contributed by atoms with Crippen LogP contribution in [-0.2, 0) is 16.1 Å². The first-order chi connectivity index (χ1) is 11.7. The molecule has 6 heteroatoms. The zero-order valence-electron chi connectivity index (χ0n) is 13.2. The van der Waals surface area contributed by atoms with Crippen LogP contribution in [0.15, 0.2) is 48.8 Å². The zero-order valence-corrected chi connectivity index (χ0v) is 13.2. The Morgan fingerprint density at radius 2 is 2.17 bits per heavy atom. The molecule has 1 aromatic carbocycles. The molecule has 0 aliphatic carbocycles. The largest absolute Gasteiger partial charge is 0.368 e. The third-order valence-corrected chi connectivity index (χ3v) is 3.79. The van der Waals surface area contributed by atoms with Gasteiger partial charge in [-0.05, 0) is 42.7 Å². The lowest BCUT2D eigenvalue weighted by molar-refractivity contribution is -0.124. The summed E-state index contributed by atoms with van der Waals surface area (Å²) in [6.07, 6.45) is 4.45. The maximum Gasteiger partial charge on any atom is 0.253 e. The van der Waals surface area contributed by atoms with Gasteiger partial charge in [0.05, 0.1) is 5.56 Å². The van der Waals surface area contributed by atoms with E-state index in [9.17, 15) is 9.59 Å². The number of ether oxygens (including phenoxy) is 1. The van der Waals surface area contributed by atoms with Crippen molar-refractivity contribution in [2.45, 2.75) is 25.5 Å². The van der Waals surface area contributed by atoms with E-state index in [-0.39, 0.29) is 17.9 Å². The molecule has 0 radical (unpaired) electrons. The molecule has 2 N–H and O–H groups in total. The van der Waals surface area contributed by atoms with Gasteiger partial charge in [-0.3, -0.25) is 14.6 Å². The van der Waals surface area contributed by atoms with Crippen LogP contribution in [0, 0.1) is 0 Å². The summed E-state index contributed by atoms with van der Waals surface area (Å²) in [5, 5.41) is 5.69. The summed E-state index contributed by atoms with van der Waals surface area (Å²) in [4.78, 5) is 28.0. The average Bonchev–Trinajstić information content (AvgIpc) is 3.15. The van der Waals surface area contributed by atoms with E-state index < -0.39 is 0 Å². The maximum atomic E-state index is 12.1. The Balaban J connectivity index is 1.57. The molecule has 3 rings (SSSR count). The second-order valence-corrected chi connectivity index (χ2v) is 5.62. The molecule has 124 valence electrons. The van der Waals surface area contributed by atoms with E-state index in [2.05, 4.69) is 15.6 Å². The van der Waals surface area contributed by atoms with Crippen LogP contribution in [0.4, 0.5) is 5.69 Å². The number of carbonyl (C=O) groups excluding carboxylic acids is 2. The number of nitrogens with one attached hydrogen (secondary N) is 2. The van der Waals surface area contributed by atoms with Crippen LogP contribution < -0.4 is 10.6 Å². The third kappa shape index (κ3) is 4.17. The van der Waals surface area contributed by atoms with Crippen molar-refractivity contribution in [1.29, 1.82) is 0 Å². The molecule has 2 heterocycles. The van der Waals surface area contributed by atoms with Gasteiger partial charge >= 0.3 is 0 Å². The first-order valence-corrected chi connectivity index (χ1v) is 7.92. The number of carbonyl (C=O) groups is 2. The Labute approximate surface area is 140 Å². The van der Waals surface area contributed by atoms with Gasteiger partial charge in [0.15, 0.2) is 0 Å². The molecule has 0 bridgehead atoms. The Kier molecular flexibility index (Phi) is 5.18. The summed E-state index contributed by atoms with van der Waals surface area (Å²) < 4.78 is 5.37. The van der Waals surface area contributed by atoms with Crippen molar-refractivity contribution >= 4 is 17.5 Å². The molecule has 1 unspecified atom stereocenters. The number of anilines is 1. The fraction of sp³-hybridized carbons (Fsp3) is 0.278. The fourth-order valence-corrected chi connectivity index (χ4v) is 2.55. The number of nitrogens with zero attached hydrogens (tertiary/aromatic N) is 1. The summed E-state index contributed by atoms with van der Waals surface area (Å²) in [6.45, 7) is 1.01. The minimum Gasteiger partial charge on any atom is -0.368 e. The molecular formula is C18H19N3O3. The van der Waals surface area contributed by atoms with Crippen LogP contribution in [0.5, 0.6) is 0 Å². The molecular weight excluding hydrogens is 306 g/mol. The molecule has 2 aromatic rings. The first kappa shape index (κ1) is 16.1. The highest BCUT2D eigenvalue weighted by molar-refractivity contribution is 5.95. The van der Waals surface area contributed by atoms with Gasteiger partial charge in [-0.25, -0.2) is 0 Å². The van der Waals surface area contributed by atoms with Gasteiger partial charge in [0.1, 0.15) is 6.10 Å². The molecule has 6 nitrogen and oxygen atoms in total. The zero-order chi connectivity index (χ0) is 16.8. The number of hydrogen-bond acceptors (Lipinski definition) is 4. The SMILES string of the molecule is O=C(NCc1cccc(NC(=O)C2CCCO2)c1)c1cccnc1. The minimum absolute atomic E-state index is 0.121. The standard InChI is InChI=1S/C18H19N3O3/c22-17(14-5-2-8-19-12-14)20-11-13-4-1-6-15(10-13)21-18(23)16-7-3-9-24-16/h1-2,4-6,8,10,12,16H,3,7,9,11H2,(H,20,22)(H,21,23). The Morgan fingerprint density at radius 1 is 1.25 bits per heavy atom. The van der Waals surface area contributed by atoms with Crippen molar-refractivity contribution in [3.05, 3.63) is 59.9 Å². The Bertz CT molecular complexity index is 712. The summed E-state index contributed by atoms with van der Waals surface area (Å²) >= 11 is 0. The molecule has 0 saturated carbocycles. The number of amides is 2. The molecule has 1 saturated heterocycles. The lowest BCUT2D eigenvalue weighted by Crippen LogP contribution is -2.27. The van der Waals surface area contributed by atoms with Gasteiger partial charge < -0.3 is 15.4 Å². The van der Waals surface area contributed by atoms with E-state index in [0.29, 0.717) is 24.4 Å². The number of pyridine rings is 1. The number of rotatable bonds is 5. The van der Waals surface area contributed by atoms with Crippen molar-refractivity contribution in [2.75, 3.05) is 11.9 Å². The molecule has 1 aliphatic heterocycles. The molecule has 24 heavy (non-hydrogen) atoms. The summed E-state index contributed by atoms with van der Waals surface area (Å²) in [7, 11) is 0. The topological polar surface area (TPSA) is 80.3 Å². The maximum absolute atomic E-state index is 12.1. The van der Waals surface area contributed by atoms with E-state index in [1.54, 1.807) is 18.3 Å². The second kappa shape index (κ2) is 7.70. The Hall–Kier alpha value is -2.73. The molecule has 1 fully saturated rings. The number of hydrogen-bond donors (Lipinski definition) is 2. The third-order valence-electron chi connectivity index (χ3n) is 3.79. The van der Waals surface area contributed by atoms with E-state index in [4.69, 9.17) is 4.74 Å². The van der Waals surface area contributed by atoms with Gasteiger partial charge in [-0.15, -0.1) is 0 Å². The average molecular weight is 325 g/mol. The number of aromatic nitrogens is 1. The highest BCUT2D eigenvalue weighted by Gasteiger charge is 2.23. The van der Waals surface area contributed by atoms with E-state index >= 15 is 0 Å². The fourth-order valence-electron chi connectivity index (χ4n) is 2.55. The summed E-state index contributed by atoms with van der Waals surface area (Å²) in [5.41, 5.74) is 2.11. The predicted molar refractivity (Wildman–Crippen MR) is 89.5 cm³/mol. The summed E-state index contributed by atoms with van der Waals surface area (Å²) in [6, 6.07) is 10.8. The van der Waals surface area contributed by atoms with Crippen molar-refractivity contribution < 1.29 is 14.3 Å². The quantitative estimate of drug-likeness (QED) is 0.882. The van der Waals surface area contributed by atoms with Crippen molar-refractivity contribution in [3.63, 3.8) is 0 Å². The van der Waals surface area contributed by atoms with Gasteiger partial charge in [-0.1, -0.05) is 12.1 Å². The smallest absolute Gasteiger partial charge is 0.253 e. The van der Waals surface area contributed by atoms with Crippen LogP contribution in [0.3, 0.4) is 0 Å². The monoisotopic (exact) mass is 325 g/mol.